The molecular formula is C19H25BFN3O2. The van der Waals surface area contributed by atoms with Crippen LogP contribution in [-0.4, -0.2) is 33.1 Å². The largest absolute Gasteiger partial charge is 0.524 e. The third kappa shape index (κ3) is 3.59. The van der Waals surface area contributed by atoms with E-state index >= 15 is 0 Å². The Bertz CT molecular complexity index is 786. The summed E-state index contributed by atoms with van der Waals surface area (Å²) in [5.41, 5.74) is 0.922. The van der Waals surface area contributed by atoms with Gasteiger partial charge in [-0.3, -0.25) is 9.67 Å². The van der Waals surface area contributed by atoms with Crippen molar-refractivity contribution in [2.45, 2.75) is 58.8 Å². The SMILES string of the molecule is CCn1cc(CC=C(F)B2OC(C)(C)C(C)(C)O2)c(-c2ccccn2)n1. The van der Waals surface area contributed by atoms with Crippen molar-refractivity contribution in [3.8, 4) is 11.4 Å². The summed E-state index contributed by atoms with van der Waals surface area (Å²) in [5.74, 6) is 0. The van der Waals surface area contributed by atoms with Crippen LogP contribution < -0.4 is 0 Å². The lowest BCUT2D eigenvalue weighted by Gasteiger charge is -2.32. The number of allylic oxidation sites excluding steroid dienone is 1. The fraction of sp³-hybridized carbons (Fsp3) is 0.474. The lowest BCUT2D eigenvalue weighted by Crippen LogP contribution is -2.41. The molecule has 0 amide bonds. The van der Waals surface area contributed by atoms with Crippen LogP contribution in [0.2, 0.25) is 0 Å². The summed E-state index contributed by atoms with van der Waals surface area (Å²) < 4.78 is 28.0. The molecule has 2 aromatic heterocycles. The molecule has 5 nitrogen and oxygen atoms in total. The van der Waals surface area contributed by atoms with Gasteiger partial charge in [-0.25, -0.2) is 4.39 Å². The lowest BCUT2D eigenvalue weighted by atomic mass is 9.87. The second-order valence-electron chi connectivity index (χ2n) is 7.45. The van der Waals surface area contributed by atoms with Crippen LogP contribution in [0.25, 0.3) is 11.4 Å². The van der Waals surface area contributed by atoms with E-state index in [1.165, 1.54) is 6.08 Å². The maximum Gasteiger partial charge on any atom is 0.524 e. The molecule has 0 aliphatic carbocycles. The van der Waals surface area contributed by atoms with Crippen molar-refractivity contribution in [1.82, 2.24) is 14.8 Å². The highest BCUT2D eigenvalue weighted by atomic mass is 19.1. The molecule has 1 fully saturated rings. The van der Waals surface area contributed by atoms with Gasteiger partial charge in [0.25, 0.3) is 0 Å². The minimum absolute atomic E-state index is 0.391. The standard InChI is InChI=1S/C19H25BFN3O2/c1-6-24-13-14(17(23-24)15-9-7-8-12-22-15)10-11-16(21)20-25-18(2,3)19(4,5)26-20/h7-9,11-13H,6,10H2,1-5H3. The fourth-order valence-corrected chi connectivity index (χ4v) is 2.75. The average Bonchev–Trinajstić information content (AvgIpc) is 3.11. The molecule has 0 unspecified atom stereocenters. The molecule has 138 valence electrons. The molecule has 2 aromatic rings. The van der Waals surface area contributed by atoms with Gasteiger partial charge in [0.05, 0.1) is 16.9 Å². The van der Waals surface area contributed by atoms with Gasteiger partial charge in [0, 0.05) is 24.5 Å². The first-order valence-electron chi connectivity index (χ1n) is 8.92. The van der Waals surface area contributed by atoms with Gasteiger partial charge in [-0.2, -0.15) is 5.10 Å². The van der Waals surface area contributed by atoms with Gasteiger partial charge in [-0.1, -0.05) is 12.1 Å². The Hall–Kier alpha value is -1.99. The second-order valence-corrected chi connectivity index (χ2v) is 7.45. The molecule has 0 atom stereocenters. The molecule has 0 spiro atoms. The monoisotopic (exact) mass is 357 g/mol. The smallest absolute Gasteiger partial charge is 0.398 e. The molecule has 26 heavy (non-hydrogen) atoms. The van der Waals surface area contributed by atoms with Crippen LogP contribution in [0.15, 0.2) is 42.4 Å². The minimum atomic E-state index is -0.973. The summed E-state index contributed by atoms with van der Waals surface area (Å²) in [6, 6.07) is 5.68. The summed E-state index contributed by atoms with van der Waals surface area (Å²) in [6.45, 7) is 10.4. The third-order valence-corrected chi connectivity index (χ3v) is 5.06. The Kier molecular flexibility index (Phi) is 5.04. The normalized spacial score (nSPS) is 19.2. The van der Waals surface area contributed by atoms with E-state index in [-0.39, 0.29) is 0 Å². The molecule has 1 aliphatic rings. The summed E-state index contributed by atoms with van der Waals surface area (Å²) in [4.78, 5) is 4.36. The molecule has 3 heterocycles. The molecular weight excluding hydrogens is 332 g/mol. The Labute approximate surface area is 154 Å². The topological polar surface area (TPSA) is 49.2 Å². The van der Waals surface area contributed by atoms with Crippen molar-refractivity contribution < 1.29 is 13.7 Å². The van der Waals surface area contributed by atoms with Crippen LogP contribution >= 0.6 is 0 Å². The Morgan fingerprint density at radius 1 is 1.23 bits per heavy atom. The first-order valence-corrected chi connectivity index (χ1v) is 8.92. The van der Waals surface area contributed by atoms with Crippen molar-refractivity contribution in [3.63, 3.8) is 0 Å². The van der Waals surface area contributed by atoms with Crippen molar-refractivity contribution in [3.05, 3.63) is 48.0 Å². The second kappa shape index (κ2) is 6.97. The summed E-state index contributed by atoms with van der Waals surface area (Å²) >= 11 is 0. The molecule has 0 N–H and O–H groups in total. The molecule has 3 rings (SSSR count). The van der Waals surface area contributed by atoms with E-state index in [0.717, 1.165) is 23.5 Å². The molecule has 0 aromatic carbocycles. The van der Waals surface area contributed by atoms with Crippen molar-refractivity contribution in [2.75, 3.05) is 0 Å². The number of aryl methyl sites for hydroxylation is 1. The van der Waals surface area contributed by atoms with Crippen LogP contribution in [0, 0.1) is 0 Å². The van der Waals surface area contributed by atoms with Crippen molar-refractivity contribution in [1.29, 1.82) is 0 Å². The van der Waals surface area contributed by atoms with Gasteiger partial charge >= 0.3 is 7.12 Å². The average molecular weight is 357 g/mol. The molecule has 0 saturated carbocycles. The highest BCUT2D eigenvalue weighted by Gasteiger charge is 2.52. The molecule has 0 radical (unpaired) electrons. The Morgan fingerprint density at radius 3 is 2.50 bits per heavy atom. The number of halogens is 1. The predicted molar refractivity (Wildman–Crippen MR) is 100 cm³/mol. The van der Waals surface area contributed by atoms with E-state index in [1.807, 2.05) is 63.7 Å². The first-order chi connectivity index (χ1) is 12.2. The Balaban J connectivity index is 1.81. The van der Waals surface area contributed by atoms with E-state index in [0.29, 0.717) is 6.42 Å². The summed E-state index contributed by atoms with van der Waals surface area (Å²) in [6.07, 6.45) is 5.55. The van der Waals surface area contributed by atoms with Crippen molar-refractivity contribution >= 4 is 7.12 Å². The van der Waals surface area contributed by atoms with Crippen LogP contribution in [0.3, 0.4) is 0 Å². The maximum absolute atomic E-state index is 14.7. The zero-order chi connectivity index (χ0) is 18.9. The zero-order valence-corrected chi connectivity index (χ0v) is 16.0. The van der Waals surface area contributed by atoms with Crippen LogP contribution in [0.5, 0.6) is 0 Å². The maximum atomic E-state index is 14.7. The number of rotatable bonds is 5. The van der Waals surface area contributed by atoms with E-state index in [1.54, 1.807) is 6.20 Å². The first kappa shape index (κ1) is 18.8. The summed E-state index contributed by atoms with van der Waals surface area (Å²) in [5, 5.41) is 4.56. The number of nitrogens with zero attached hydrogens (tertiary/aromatic N) is 3. The lowest BCUT2D eigenvalue weighted by molar-refractivity contribution is 0.00578. The van der Waals surface area contributed by atoms with E-state index in [9.17, 15) is 4.39 Å². The van der Waals surface area contributed by atoms with E-state index < -0.39 is 24.0 Å². The molecule has 1 aliphatic heterocycles. The zero-order valence-electron chi connectivity index (χ0n) is 16.0. The van der Waals surface area contributed by atoms with Gasteiger partial charge in [0.15, 0.2) is 0 Å². The van der Waals surface area contributed by atoms with Gasteiger partial charge in [0.2, 0.25) is 0 Å². The van der Waals surface area contributed by atoms with Gasteiger partial charge in [-0.15, -0.1) is 0 Å². The van der Waals surface area contributed by atoms with Crippen LogP contribution in [-0.2, 0) is 22.3 Å². The number of aromatic nitrogens is 3. The summed E-state index contributed by atoms with van der Waals surface area (Å²) in [7, 11) is -0.973. The number of pyridine rings is 1. The molecule has 7 heteroatoms. The van der Waals surface area contributed by atoms with Crippen molar-refractivity contribution in [2.24, 2.45) is 0 Å². The van der Waals surface area contributed by atoms with Gasteiger partial charge in [-0.05, 0) is 53.2 Å². The predicted octanol–water partition coefficient (Wildman–Crippen LogP) is 3.99. The highest BCUT2D eigenvalue weighted by Crippen LogP contribution is 2.38. The molecule has 0 bridgehead atoms. The fourth-order valence-electron chi connectivity index (χ4n) is 2.75. The van der Waals surface area contributed by atoms with E-state index in [2.05, 4.69) is 10.1 Å². The number of hydrogen-bond acceptors (Lipinski definition) is 4. The highest BCUT2D eigenvalue weighted by molar-refractivity contribution is 6.53. The minimum Gasteiger partial charge on any atom is -0.398 e. The molecule has 1 saturated heterocycles. The van der Waals surface area contributed by atoms with Gasteiger partial charge < -0.3 is 9.31 Å². The van der Waals surface area contributed by atoms with Crippen LogP contribution in [0.4, 0.5) is 4.39 Å². The number of hydrogen-bond donors (Lipinski definition) is 0. The Morgan fingerprint density at radius 2 is 1.92 bits per heavy atom. The quantitative estimate of drug-likeness (QED) is 0.760. The van der Waals surface area contributed by atoms with Gasteiger partial charge in [0.1, 0.15) is 11.4 Å². The van der Waals surface area contributed by atoms with E-state index in [4.69, 9.17) is 9.31 Å². The van der Waals surface area contributed by atoms with Crippen LogP contribution in [0.1, 0.15) is 40.2 Å². The third-order valence-electron chi connectivity index (χ3n) is 5.06.